The molecule has 1 heterocycles. The second-order valence-corrected chi connectivity index (χ2v) is 5.96. The summed E-state index contributed by atoms with van der Waals surface area (Å²) in [6.07, 6.45) is 3.73. The van der Waals surface area contributed by atoms with Crippen LogP contribution in [0.25, 0.3) is 0 Å². The molecule has 0 aromatic heterocycles. The van der Waals surface area contributed by atoms with E-state index in [0.29, 0.717) is 0 Å². The van der Waals surface area contributed by atoms with Gasteiger partial charge in [0, 0.05) is 13.2 Å². The van der Waals surface area contributed by atoms with E-state index in [4.69, 9.17) is 10.5 Å². The minimum atomic E-state index is 0.275. The summed E-state index contributed by atoms with van der Waals surface area (Å²) in [4.78, 5) is 2.43. The van der Waals surface area contributed by atoms with Crippen molar-refractivity contribution >= 4 is 0 Å². The first-order valence-electron chi connectivity index (χ1n) is 6.50. The lowest BCUT2D eigenvalue weighted by molar-refractivity contribution is 0.0408. The van der Waals surface area contributed by atoms with E-state index in [1.165, 1.54) is 25.8 Å². The summed E-state index contributed by atoms with van der Waals surface area (Å²) < 4.78 is 5.50. The number of nitrogens with zero attached hydrogens (tertiary/aromatic N) is 1. The Morgan fingerprint density at radius 3 is 2.75 bits per heavy atom. The molecule has 0 aliphatic carbocycles. The molecule has 0 amide bonds. The SMILES string of the molecule is CN(CCC(C)(C)CN)CC1CCCOC1. The van der Waals surface area contributed by atoms with Crippen molar-refractivity contribution in [1.29, 1.82) is 0 Å². The molecule has 3 heteroatoms. The highest BCUT2D eigenvalue weighted by atomic mass is 16.5. The average Bonchev–Trinajstić information content (AvgIpc) is 2.28. The standard InChI is InChI=1S/C13H28N2O/c1-13(2,11-14)6-7-15(3)9-12-5-4-8-16-10-12/h12H,4-11,14H2,1-3H3. The number of rotatable bonds is 6. The Morgan fingerprint density at radius 2 is 2.19 bits per heavy atom. The van der Waals surface area contributed by atoms with E-state index in [1.54, 1.807) is 0 Å². The largest absolute Gasteiger partial charge is 0.381 e. The molecule has 1 fully saturated rings. The van der Waals surface area contributed by atoms with E-state index in [9.17, 15) is 0 Å². The molecule has 0 saturated carbocycles. The first-order valence-corrected chi connectivity index (χ1v) is 6.50. The highest BCUT2D eigenvalue weighted by Gasteiger charge is 2.19. The van der Waals surface area contributed by atoms with Crippen LogP contribution in [-0.2, 0) is 4.74 Å². The minimum absolute atomic E-state index is 0.275. The third-order valence-corrected chi connectivity index (χ3v) is 3.55. The van der Waals surface area contributed by atoms with Gasteiger partial charge in [0.1, 0.15) is 0 Å². The Bertz CT molecular complexity index is 188. The van der Waals surface area contributed by atoms with Crippen molar-refractivity contribution in [1.82, 2.24) is 4.90 Å². The minimum Gasteiger partial charge on any atom is -0.381 e. The summed E-state index contributed by atoms with van der Waals surface area (Å²) in [7, 11) is 2.21. The molecule has 16 heavy (non-hydrogen) atoms. The fraction of sp³-hybridized carbons (Fsp3) is 1.00. The van der Waals surface area contributed by atoms with Gasteiger partial charge in [-0.3, -0.25) is 0 Å². The molecule has 1 aliphatic rings. The van der Waals surface area contributed by atoms with Gasteiger partial charge in [-0.1, -0.05) is 13.8 Å². The number of hydrogen-bond donors (Lipinski definition) is 1. The molecule has 1 saturated heterocycles. The third kappa shape index (κ3) is 5.28. The molecular formula is C13H28N2O. The predicted molar refractivity (Wildman–Crippen MR) is 68.5 cm³/mol. The van der Waals surface area contributed by atoms with Crippen LogP contribution in [0.5, 0.6) is 0 Å². The molecule has 1 aliphatic heterocycles. The maximum atomic E-state index is 5.74. The molecule has 0 spiro atoms. The lowest BCUT2D eigenvalue weighted by atomic mass is 9.89. The van der Waals surface area contributed by atoms with Crippen molar-refractivity contribution in [3.63, 3.8) is 0 Å². The molecule has 0 radical (unpaired) electrons. The number of ether oxygens (including phenoxy) is 1. The zero-order valence-corrected chi connectivity index (χ0v) is 11.2. The summed E-state index contributed by atoms with van der Waals surface area (Å²) in [6, 6.07) is 0. The van der Waals surface area contributed by atoms with Crippen LogP contribution in [0.3, 0.4) is 0 Å². The first kappa shape index (κ1) is 13.9. The van der Waals surface area contributed by atoms with Gasteiger partial charge in [-0.2, -0.15) is 0 Å². The van der Waals surface area contributed by atoms with Gasteiger partial charge in [-0.15, -0.1) is 0 Å². The van der Waals surface area contributed by atoms with Crippen LogP contribution in [0.2, 0.25) is 0 Å². The van der Waals surface area contributed by atoms with Crippen LogP contribution in [0.1, 0.15) is 33.1 Å². The van der Waals surface area contributed by atoms with Crippen LogP contribution in [0.15, 0.2) is 0 Å². The Hall–Kier alpha value is -0.120. The van der Waals surface area contributed by atoms with E-state index in [0.717, 1.165) is 32.2 Å². The molecule has 2 N–H and O–H groups in total. The third-order valence-electron chi connectivity index (χ3n) is 3.55. The van der Waals surface area contributed by atoms with Gasteiger partial charge in [0.05, 0.1) is 6.61 Å². The summed E-state index contributed by atoms with van der Waals surface area (Å²) >= 11 is 0. The maximum absolute atomic E-state index is 5.74. The molecule has 1 unspecified atom stereocenters. The summed E-state index contributed by atoms with van der Waals surface area (Å²) in [5, 5.41) is 0. The average molecular weight is 228 g/mol. The van der Waals surface area contributed by atoms with Gasteiger partial charge in [-0.25, -0.2) is 0 Å². The summed E-state index contributed by atoms with van der Waals surface area (Å²) in [5.41, 5.74) is 6.01. The first-order chi connectivity index (χ1) is 7.53. The summed E-state index contributed by atoms with van der Waals surface area (Å²) in [5.74, 6) is 0.736. The van der Waals surface area contributed by atoms with E-state index >= 15 is 0 Å². The van der Waals surface area contributed by atoms with Gasteiger partial charge in [0.25, 0.3) is 0 Å². The van der Waals surface area contributed by atoms with Crippen molar-refractivity contribution in [2.75, 3.05) is 39.9 Å². The molecule has 3 nitrogen and oxygen atoms in total. The van der Waals surface area contributed by atoms with Crippen LogP contribution in [-0.4, -0.2) is 44.8 Å². The van der Waals surface area contributed by atoms with E-state index in [-0.39, 0.29) is 5.41 Å². The Morgan fingerprint density at radius 1 is 1.44 bits per heavy atom. The highest BCUT2D eigenvalue weighted by molar-refractivity contribution is 4.72. The second-order valence-electron chi connectivity index (χ2n) is 5.96. The maximum Gasteiger partial charge on any atom is 0.0506 e. The smallest absolute Gasteiger partial charge is 0.0506 e. The zero-order valence-electron chi connectivity index (χ0n) is 11.2. The zero-order chi connectivity index (χ0) is 12.0. The van der Waals surface area contributed by atoms with E-state index < -0.39 is 0 Å². The Balaban J connectivity index is 2.17. The van der Waals surface area contributed by atoms with Gasteiger partial charge in [0.2, 0.25) is 0 Å². The number of nitrogens with two attached hydrogens (primary N) is 1. The Kier molecular flexibility index (Phi) is 5.73. The summed E-state index contributed by atoms with van der Waals surface area (Å²) in [6.45, 7) is 9.47. The van der Waals surface area contributed by atoms with Crippen molar-refractivity contribution in [3.8, 4) is 0 Å². The van der Waals surface area contributed by atoms with Crippen LogP contribution >= 0.6 is 0 Å². The van der Waals surface area contributed by atoms with Gasteiger partial charge in [-0.05, 0) is 50.7 Å². The highest BCUT2D eigenvalue weighted by Crippen LogP contribution is 2.19. The molecule has 1 rings (SSSR count). The van der Waals surface area contributed by atoms with Gasteiger partial charge >= 0.3 is 0 Å². The van der Waals surface area contributed by atoms with Crippen LogP contribution in [0, 0.1) is 11.3 Å². The molecule has 1 atom stereocenters. The fourth-order valence-corrected chi connectivity index (χ4v) is 2.08. The molecule has 0 bridgehead atoms. The molecule has 0 aromatic rings. The van der Waals surface area contributed by atoms with Crippen LogP contribution in [0.4, 0.5) is 0 Å². The monoisotopic (exact) mass is 228 g/mol. The second kappa shape index (κ2) is 6.58. The lowest BCUT2D eigenvalue weighted by Crippen LogP contribution is -2.34. The van der Waals surface area contributed by atoms with Crippen LogP contribution < -0.4 is 5.73 Å². The fourth-order valence-electron chi connectivity index (χ4n) is 2.08. The van der Waals surface area contributed by atoms with Crippen molar-refractivity contribution in [3.05, 3.63) is 0 Å². The van der Waals surface area contributed by atoms with Crippen molar-refractivity contribution < 1.29 is 4.74 Å². The molecular weight excluding hydrogens is 200 g/mol. The topological polar surface area (TPSA) is 38.5 Å². The quantitative estimate of drug-likeness (QED) is 0.752. The lowest BCUT2D eigenvalue weighted by Gasteiger charge is -2.30. The van der Waals surface area contributed by atoms with Gasteiger partial charge in [0.15, 0.2) is 0 Å². The van der Waals surface area contributed by atoms with Crippen molar-refractivity contribution in [2.45, 2.75) is 33.1 Å². The van der Waals surface area contributed by atoms with E-state index in [1.807, 2.05) is 0 Å². The molecule has 96 valence electrons. The normalized spacial score (nSPS) is 22.7. The van der Waals surface area contributed by atoms with Crippen molar-refractivity contribution in [2.24, 2.45) is 17.1 Å². The van der Waals surface area contributed by atoms with Gasteiger partial charge < -0.3 is 15.4 Å². The molecule has 0 aromatic carbocycles. The number of hydrogen-bond acceptors (Lipinski definition) is 3. The van der Waals surface area contributed by atoms with E-state index in [2.05, 4.69) is 25.8 Å². The predicted octanol–water partition coefficient (Wildman–Crippen LogP) is 1.72. The Labute approximate surface area is 100 Å².